The van der Waals surface area contributed by atoms with Gasteiger partial charge >= 0.3 is 6.18 Å². The van der Waals surface area contributed by atoms with Crippen molar-refractivity contribution >= 4 is 40.5 Å². The number of nitrogens with one attached hydrogen (secondary N) is 1. The summed E-state index contributed by atoms with van der Waals surface area (Å²) in [6, 6.07) is 6.90. The summed E-state index contributed by atoms with van der Waals surface area (Å²) in [5, 5.41) is 8.45. The van der Waals surface area contributed by atoms with E-state index in [1.165, 1.54) is 6.07 Å². The zero-order valence-electron chi connectivity index (χ0n) is 13.0. The Morgan fingerprint density at radius 2 is 1.70 bits per heavy atom. The number of rotatable bonds is 2. The number of alkyl halides is 3. The van der Waals surface area contributed by atoms with Crippen LogP contribution in [0.15, 0.2) is 36.4 Å². The van der Waals surface area contributed by atoms with Crippen LogP contribution in [0.1, 0.15) is 16.7 Å². The fourth-order valence-electron chi connectivity index (χ4n) is 2.53. The zero-order chi connectivity index (χ0) is 20.0. The smallest absolute Gasteiger partial charge is 0.265 e. The van der Waals surface area contributed by atoms with Crippen molar-refractivity contribution in [3.05, 3.63) is 74.0 Å². The highest BCUT2D eigenvalue weighted by Crippen LogP contribution is 2.49. The second-order valence-electron chi connectivity index (χ2n) is 5.56. The molecule has 0 fully saturated rings. The molecule has 27 heavy (non-hydrogen) atoms. The van der Waals surface area contributed by atoms with Crippen molar-refractivity contribution in [2.45, 2.75) is 11.8 Å². The Bertz CT molecular complexity index is 978. The zero-order valence-corrected chi connectivity index (χ0v) is 15.2. The molecule has 1 heterocycles. The molecule has 10 heteroatoms. The molecule has 2 aromatic carbocycles. The van der Waals surface area contributed by atoms with Gasteiger partial charge in [0, 0.05) is 11.1 Å². The predicted octanol–water partition coefficient (Wildman–Crippen LogP) is 5.99. The number of halogens is 7. The third-order valence-corrected chi connectivity index (χ3v) is 5.10. The predicted molar refractivity (Wildman–Crippen MR) is 92.5 cm³/mol. The SMILES string of the molecule is N#Cc1cc(C2=CC(c3cc(Cl)c(Cl)c(Cl)c3)(C(F)(F)F)ON2)ccc1F. The van der Waals surface area contributed by atoms with Crippen LogP contribution in [0.2, 0.25) is 15.1 Å². The minimum Gasteiger partial charge on any atom is -0.265 e. The summed E-state index contributed by atoms with van der Waals surface area (Å²) in [7, 11) is 0. The molecule has 140 valence electrons. The minimum atomic E-state index is -4.90. The van der Waals surface area contributed by atoms with E-state index in [1.54, 1.807) is 6.07 Å². The number of nitriles is 1. The Labute approximate surface area is 165 Å². The summed E-state index contributed by atoms with van der Waals surface area (Å²) in [5.74, 6) is -0.792. The van der Waals surface area contributed by atoms with Gasteiger partial charge in [-0.15, -0.1) is 0 Å². The Morgan fingerprint density at radius 3 is 2.26 bits per heavy atom. The number of benzene rings is 2. The molecular weight excluding hydrogens is 431 g/mol. The van der Waals surface area contributed by atoms with Crippen LogP contribution >= 0.6 is 34.8 Å². The third kappa shape index (κ3) is 3.34. The first-order valence-corrected chi connectivity index (χ1v) is 8.31. The van der Waals surface area contributed by atoms with Crippen LogP contribution in [-0.2, 0) is 10.4 Å². The Kier molecular flexibility index (Phi) is 5.04. The lowest BCUT2D eigenvalue weighted by molar-refractivity contribution is -0.269. The molecule has 0 saturated carbocycles. The van der Waals surface area contributed by atoms with Gasteiger partial charge in [0.15, 0.2) is 0 Å². The van der Waals surface area contributed by atoms with Crippen LogP contribution in [-0.4, -0.2) is 6.18 Å². The first-order chi connectivity index (χ1) is 12.6. The van der Waals surface area contributed by atoms with Crippen LogP contribution < -0.4 is 5.48 Å². The van der Waals surface area contributed by atoms with Gasteiger partial charge in [-0.1, -0.05) is 34.8 Å². The molecule has 1 N–H and O–H groups in total. The highest BCUT2D eigenvalue weighted by molar-refractivity contribution is 6.48. The van der Waals surface area contributed by atoms with E-state index >= 15 is 0 Å². The number of nitrogens with zero attached hydrogens (tertiary/aromatic N) is 1. The van der Waals surface area contributed by atoms with E-state index < -0.39 is 23.2 Å². The molecule has 2 aromatic rings. The van der Waals surface area contributed by atoms with E-state index in [4.69, 9.17) is 44.9 Å². The van der Waals surface area contributed by atoms with Gasteiger partial charge in [0.2, 0.25) is 5.60 Å². The van der Waals surface area contributed by atoms with E-state index in [-0.39, 0.29) is 31.9 Å². The Hall–Kier alpha value is -1.98. The highest BCUT2D eigenvalue weighted by atomic mass is 35.5. The van der Waals surface area contributed by atoms with E-state index in [9.17, 15) is 17.6 Å². The maximum atomic E-state index is 13.9. The Balaban J connectivity index is 2.17. The quantitative estimate of drug-likeness (QED) is 0.464. The van der Waals surface area contributed by atoms with Crippen molar-refractivity contribution in [1.29, 1.82) is 5.26 Å². The average Bonchev–Trinajstić information content (AvgIpc) is 3.06. The maximum absolute atomic E-state index is 13.9. The maximum Gasteiger partial charge on any atom is 0.428 e. The van der Waals surface area contributed by atoms with Crippen molar-refractivity contribution in [3.63, 3.8) is 0 Å². The largest absolute Gasteiger partial charge is 0.428 e. The van der Waals surface area contributed by atoms with Gasteiger partial charge in [0.25, 0.3) is 0 Å². The van der Waals surface area contributed by atoms with Gasteiger partial charge < -0.3 is 0 Å². The van der Waals surface area contributed by atoms with Gasteiger partial charge in [0.1, 0.15) is 11.9 Å². The lowest BCUT2D eigenvalue weighted by atomic mass is 9.91. The molecule has 3 rings (SSSR count). The molecule has 3 nitrogen and oxygen atoms in total. The van der Waals surface area contributed by atoms with E-state index in [0.717, 1.165) is 30.3 Å². The van der Waals surface area contributed by atoms with Gasteiger partial charge in [-0.2, -0.15) is 18.4 Å². The third-order valence-electron chi connectivity index (χ3n) is 3.90. The summed E-state index contributed by atoms with van der Waals surface area (Å²) in [6.45, 7) is 0. The van der Waals surface area contributed by atoms with Crippen molar-refractivity contribution in [1.82, 2.24) is 5.48 Å². The normalized spacial score (nSPS) is 19.4. The summed E-state index contributed by atoms with van der Waals surface area (Å²) in [6.07, 6.45) is -4.14. The molecule has 0 aromatic heterocycles. The standard InChI is InChI=1S/C17H7Cl3F4N2O/c18-11-4-10(5-12(19)15(11)20)16(17(22,23)24)6-14(26-27-16)8-1-2-13(21)9(3-8)7-25/h1-6,26H. The van der Waals surface area contributed by atoms with Crippen LogP contribution in [0.25, 0.3) is 5.70 Å². The fraction of sp³-hybridized carbons (Fsp3) is 0.118. The molecule has 0 saturated heterocycles. The van der Waals surface area contributed by atoms with Gasteiger partial charge in [-0.05, 0) is 36.4 Å². The first kappa shape index (κ1) is 19.8. The molecule has 0 aliphatic carbocycles. The lowest BCUT2D eigenvalue weighted by Gasteiger charge is -2.29. The second kappa shape index (κ2) is 6.88. The fourth-order valence-corrected chi connectivity index (χ4v) is 3.13. The average molecular weight is 438 g/mol. The molecule has 1 unspecified atom stereocenters. The number of hydroxylamine groups is 1. The number of hydrogen-bond acceptors (Lipinski definition) is 3. The number of hydrogen-bond donors (Lipinski definition) is 1. The molecule has 0 amide bonds. The summed E-state index contributed by atoms with van der Waals surface area (Å²) >= 11 is 17.5. The van der Waals surface area contributed by atoms with E-state index in [1.807, 2.05) is 0 Å². The molecule has 0 radical (unpaired) electrons. The Morgan fingerprint density at radius 1 is 1.07 bits per heavy atom. The molecule has 1 aliphatic heterocycles. The molecule has 0 bridgehead atoms. The van der Waals surface area contributed by atoms with Gasteiger partial charge in [-0.25, -0.2) is 4.39 Å². The van der Waals surface area contributed by atoms with Gasteiger partial charge in [-0.3, -0.25) is 10.3 Å². The van der Waals surface area contributed by atoms with Crippen LogP contribution in [0.4, 0.5) is 17.6 Å². The molecule has 1 aliphatic rings. The summed E-state index contributed by atoms with van der Waals surface area (Å²) in [5.41, 5.74) is -1.43. The van der Waals surface area contributed by atoms with Crippen LogP contribution in [0.3, 0.4) is 0 Å². The highest BCUT2D eigenvalue weighted by Gasteiger charge is 2.59. The van der Waals surface area contributed by atoms with E-state index in [2.05, 4.69) is 5.48 Å². The summed E-state index contributed by atoms with van der Waals surface area (Å²) < 4.78 is 55.2. The van der Waals surface area contributed by atoms with Crippen molar-refractivity contribution < 1.29 is 22.4 Å². The molecule has 1 atom stereocenters. The minimum absolute atomic E-state index is 0.0910. The van der Waals surface area contributed by atoms with Crippen LogP contribution in [0.5, 0.6) is 0 Å². The van der Waals surface area contributed by atoms with Crippen molar-refractivity contribution in [3.8, 4) is 6.07 Å². The first-order valence-electron chi connectivity index (χ1n) is 7.17. The van der Waals surface area contributed by atoms with E-state index in [0.29, 0.717) is 0 Å². The van der Waals surface area contributed by atoms with Crippen LogP contribution in [0, 0.1) is 17.1 Å². The van der Waals surface area contributed by atoms with Crippen molar-refractivity contribution in [2.24, 2.45) is 0 Å². The summed E-state index contributed by atoms with van der Waals surface area (Å²) in [4.78, 5) is 4.91. The second-order valence-corrected chi connectivity index (χ2v) is 6.75. The van der Waals surface area contributed by atoms with Gasteiger partial charge in [0.05, 0.1) is 26.3 Å². The molecular formula is C17H7Cl3F4N2O. The lowest BCUT2D eigenvalue weighted by Crippen LogP contribution is -2.42. The molecule has 0 spiro atoms. The topological polar surface area (TPSA) is 45.0 Å². The van der Waals surface area contributed by atoms with Crippen molar-refractivity contribution in [2.75, 3.05) is 0 Å². The monoisotopic (exact) mass is 436 g/mol.